The summed E-state index contributed by atoms with van der Waals surface area (Å²) in [4.78, 5) is 11.9. The third-order valence-corrected chi connectivity index (χ3v) is 2.98. The third kappa shape index (κ3) is 3.17. The molecule has 0 saturated heterocycles. The summed E-state index contributed by atoms with van der Waals surface area (Å²) in [5, 5.41) is 0. The molecule has 2 aromatic carbocycles. The van der Waals surface area contributed by atoms with Gasteiger partial charge in [-0.25, -0.2) is 0 Å². The monoisotopic (exact) mass is 290 g/mol. The van der Waals surface area contributed by atoms with Crippen molar-refractivity contribution in [1.29, 1.82) is 0 Å². The molecule has 0 aliphatic carbocycles. The van der Waals surface area contributed by atoms with E-state index in [9.17, 15) is 4.79 Å². The number of para-hydroxylation sites is 1. The molecule has 2 nitrogen and oxygen atoms in total. The molecule has 0 fully saturated rings. The Morgan fingerprint density at radius 3 is 2.35 bits per heavy atom. The SMILES string of the molecule is O=C(COc1ccccc1)c1ccccc1Br. The van der Waals surface area contributed by atoms with E-state index in [1.165, 1.54) is 0 Å². The van der Waals surface area contributed by atoms with Gasteiger partial charge < -0.3 is 4.74 Å². The summed E-state index contributed by atoms with van der Waals surface area (Å²) in [6, 6.07) is 16.6. The fourth-order valence-corrected chi connectivity index (χ4v) is 1.94. The number of carbonyl (C=O) groups is 1. The van der Waals surface area contributed by atoms with Crippen molar-refractivity contribution in [2.24, 2.45) is 0 Å². The summed E-state index contributed by atoms with van der Waals surface area (Å²) in [5.41, 5.74) is 0.642. The molecule has 0 bridgehead atoms. The molecular weight excluding hydrogens is 280 g/mol. The van der Waals surface area contributed by atoms with E-state index in [0.717, 1.165) is 4.47 Å². The fourth-order valence-electron chi connectivity index (χ4n) is 1.43. The minimum Gasteiger partial charge on any atom is -0.485 e. The van der Waals surface area contributed by atoms with E-state index >= 15 is 0 Å². The molecule has 0 heterocycles. The second-order valence-corrected chi connectivity index (χ2v) is 4.36. The number of hydrogen-bond acceptors (Lipinski definition) is 2. The van der Waals surface area contributed by atoms with Gasteiger partial charge in [-0.1, -0.05) is 52.3 Å². The van der Waals surface area contributed by atoms with Crippen LogP contribution in [0.1, 0.15) is 10.4 Å². The minimum atomic E-state index is -0.0404. The van der Waals surface area contributed by atoms with Gasteiger partial charge in [-0.15, -0.1) is 0 Å². The van der Waals surface area contributed by atoms with Crippen molar-refractivity contribution in [3.8, 4) is 5.75 Å². The van der Waals surface area contributed by atoms with Crippen LogP contribution in [0, 0.1) is 0 Å². The van der Waals surface area contributed by atoms with E-state index < -0.39 is 0 Å². The predicted molar refractivity (Wildman–Crippen MR) is 70.4 cm³/mol. The van der Waals surface area contributed by atoms with E-state index in [1.807, 2.05) is 48.5 Å². The van der Waals surface area contributed by atoms with Crippen LogP contribution in [0.4, 0.5) is 0 Å². The van der Waals surface area contributed by atoms with Crippen molar-refractivity contribution in [3.05, 3.63) is 64.6 Å². The second-order valence-electron chi connectivity index (χ2n) is 3.50. The second kappa shape index (κ2) is 5.64. The predicted octanol–water partition coefficient (Wildman–Crippen LogP) is 3.71. The van der Waals surface area contributed by atoms with Crippen molar-refractivity contribution >= 4 is 21.7 Å². The Labute approximate surface area is 108 Å². The molecule has 0 aliphatic heterocycles. The maximum absolute atomic E-state index is 11.9. The molecule has 0 radical (unpaired) electrons. The van der Waals surface area contributed by atoms with Crippen molar-refractivity contribution in [3.63, 3.8) is 0 Å². The molecule has 0 unspecified atom stereocenters. The topological polar surface area (TPSA) is 26.3 Å². The molecule has 0 atom stereocenters. The standard InChI is InChI=1S/C14H11BrO2/c15-13-9-5-4-8-12(13)14(16)10-17-11-6-2-1-3-7-11/h1-9H,10H2. The van der Waals surface area contributed by atoms with Crippen molar-refractivity contribution < 1.29 is 9.53 Å². The zero-order valence-electron chi connectivity index (χ0n) is 9.10. The Hall–Kier alpha value is -1.61. The molecule has 0 aliphatic rings. The Bertz CT molecular complexity index is 509. The van der Waals surface area contributed by atoms with E-state index in [0.29, 0.717) is 11.3 Å². The van der Waals surface area contributed by atoms with Crippen molar-refractivity contribution in [2.45, 2.75) is 0 Å². The van der Waals surface area contributed by atoms with Crippen LogP contribution in [0.5, 0.6) is 5.75 Å². The van der Waals surface area contributed by atoms with Gasteiger partial charge in [-0.3, -0.25) is 4.79 Å². The summed E-state index contributed by atoms with van der Waals surface area (Å²) in [6.45, 7) is 0.0482. The molecule has 0 saturated carbocycles. The minimum absolute atomic E-state index is 0.0404. The van der Waals surface area contributed by atoms with Crippen LogP contribution >= 0.6 is 15.9 Å². The Morgan fingerprint density at radius 2 is 1.65 bits per heavy atom. The van der Waals surface area contributed by atoms with Gasteiger partial charge in [0.25, 0.3) is 0 Å². The largest absolute Gasteiger partial charge is 0.485 e. The first-order chi connectivity index (χ1) is 8.27. The molecule has 17 heavy (non-hydrogen) atoms. The van der Waals surface area contributed by atoms with Crippen LogP contribution in [-0.4, -0.2) is 12.4 Å². The highest BCUT2D eigenvalue weighted by Crippen LogP contribution is 2.17. The van der Waals surface area contributed by atoms with Crippen molar-refractivity contribution in [2.75, 3.05) is 6.61 Å². The third-order valence-electron chi connectivity index (χ3n) is 2.29. The van der Waals surface area contributed by atoms with Crippen LogP contribution in [0.15, 0.2) is 59.1 Å². The lowest BCUT2D eigenvalue weighted by atomic mass is 10.1. The zero-order chi connectivity index (χ0) is 12.1. The number of hydrogen-bond donors (Lipinski definition) is 0. The number of rotatable bonds is 4. The molecule has 3 heteroatoms. The van der Waals surface area contributed by atoms with Crippen LogP contribution in [-0.2, 0) is 0 Å². The summed E-state index contributed by atoms with van der Waals surface area (Å²) in [7, 11) is 0. The van der Waals surface area contributed by atoms with E-state index in [4.69, 9.17) is 4.74 Å². The average molecular weight is 291 g/mol. The number of benzene rings is 2. The number of halogens is 1. The van der Waals surface area contributed by atoms with Gasteiger partial charge in [0.15, 0.2) is 6.61 Å². The van der Waals surface area contributed by atoms with Gasteiger partial charge in [-0.05, 0) is 18.2 Å². The first-order valence-corrected chi connectivity index (χ1v) is 6.02. The summed E-state index contributed by atoms with van der Waals surface area (Å²) >= 11 is 3.35. The van der Waals surface area contributed by atoms with Crippen LogP contribution < -0.4 is 4.74 Å². The van der Waals surface area contributed by atoms with Gasteiger partial charge in [0.2, 0.25) is 5.78 Å². The molecule has 2 aromatic rings. The smallest absolute Gasteiger partial charge is 0.201 e. The summed E-state index contributed by atoms with van der Waals surface area (Å²) in [6.07, 6.45) is 0. The number of ether oxygens (including phenoxy) is 1. The lowest BCUT2D eigenvalue weighted by Gasteiger charge is -2.06. The zero-order valence-corrected chi connectivity index (χ0v) is 10.7. The fraction of sp³-hybridized carbons (Fsp3) is 0.0714. The highest BCUT2D eigenvalue weighted by atomic mass is 79.9. The average Bonchev–Trinajstić information content (AvgIpc) is 2.38. The molecule has 0 spiro atoms. The molecule has 86 valence electrons. The van der Waals surface area contributed by atoms with Crippen LogP contribution in [0.2, 0.25) is 0 Å². The van der Waals surface area contributed by atoms with Crippen LogP contribution in [0.25, 0.3) is 0 Å². The molecular formula is C14H11BrO2. The van der Waals surface area contributed by atoms with Gasteiger partial charge in [-0.2, -0.15) is 0 Å². The van der Waals surface area contributed by atoms with Gasteiger partial charge in [0.05, 0.1) is 0 Å². The van der Waals surface area contributed by atoms with E-state index in [2.05, 4.69) is 15.9 Å². The maximum atomic E-state index is 11.9. The highest BCUT2D eigenvalue weighted by Gasteiger charge is 2.09. The Morgan fingerprint density at radius 1 is 1.00 bits per heavy atom. The molecule has 0 amide bonds. The number of ketones is 1. The Kier molecular flexibility index (Phi) is 3.94. The first kappa shape index (κ1) is 11.9. The molecule has 2 rings (SSSR count). The summed E-state index contributed by atoms with van der Waals surface area (Å²) < 4.78 is 6.20. The quantitative estimate of drug-likeness (QED) is 0.803. The van der Waals surface area contributed by atoms with E-state index in [1.54, 1.807) is 6.07 Å². The maximum Gasteiger partial charge on any atom is 0.201 e. The van der Waals surface area contributed by atoms with Gasteiger partial charge >= 0.3 is 0 Å². The first-order valence-electron chi connectivity index (χ1n) is 5.23. The van der Waals surface area contributed by atoms with E-state index in [-0.39, 0.29) is 12.4 Å². The lowest BCUT2D eigenvalue weighted by Crippen LogP contribution is -2.12. The number of Topliss-reactive ketones (excluding diaryl/α,β-unsaturated/α-hetero) is 1. The van der Waals surface area contributed by atoms with Crippen molar-refractivity contribution in [1.82, 2.24) is 0 Å². The van der Waals surface area contributed by atoms with Crippen LogP contribution in [0.3, 0.4) is 0 Å². The number of carbonyl (C=O) groups excluding carboxylic acids is 1. The highest BCUT2D eigenvalue weighted by molar-refractivity contribution is 9.10. The van der Waals surface area contributed by atoms with Gasteiger partial charge in [0, 0.05) is 10.0 Å². The van der Waals surface area contributed by atoms with Gasteiger partial charge in [0.1, 0.15) is 5.75 Å². The molecule has 0 aromatic heterocycles. The summed E-state index contributed by atoms with van der Waals surface area (Å²) in [5.74, 6) is 0.661. The molecule has 0 N–H and O–H groups in total. The lowest BCUT2D eigenvalue weighted by molar-refractivity contribution is 0.0921. The normalized spacial score (nSPS) is 9.94. The Balaban J connectivity index is 2.01.